The second-order valence-electron chi connectivity index (χ2n) is 10.8. The van der Waals surface area contributed by atoms with Crippen LogP contribution >= 0.6 is 0 Å². The number of rotatable bonds is 13. The normalized spacial score (nSPS) is 15.0. The van der Waals surface area contributed by atoms with Crippen LogP contribution in [0.4, 0.5) is 0 Å². The Kier molecular flexibility index (Phi) is 11.5. The molecule has 0 saturated heterocycles. The van der Waals surface area contributed by atoms with E-state index in [0.717, 1.165) is 12.8 Å². The van der Waals surface area contributed by atoms with E-state index in [-0.39, 0.29) is 41.9 Å². The van der Waals surface area contributed by atoms with Crippen LogP contribution < -0.4 is 0 Å². The summed E-state index contributed by atoms with van der Waals surface area (Å²) in [6.07, 6.45) is 1.96. The molecule has 0 N–H and O–H groups in total. The summed E-state index contributed by atoms with van der Waals surface area (Å²) in [5.41, 5.74) is 1.12. The van der Waals surface area contributed by atoms with Crippen LogP contribution in [-0.4, -0.2) is 24.1 Å². The van der Waals surface area contributed by atoms with Gasteiger partial charge < -0.3 is 9.47 Å². The van der Waals surface area contributed by atoms with Crippen LogP contribution in [0.25, 0.3) is 0 Å². The number of esters is 2. The van der Waals surface area contributed by atoms with E-state index < -0.39 is 0 Å². The Hall–Kier alpha value is -2.62. The molecule has 4 unspecified atom stereocenters. The number of hydrogen-bond donors (Lipinski definition) is 0. The monoisotopic (exact) mass is 480 g/mol. The van der Waals surface area contributed by atoms with E-state index >= 15 is 0 Å². The van der Waals surface area contributed by atoms with Crippen molar-refractivity contribution in [3.05, 3.63) is 71.8 Å². The van der Waals surface area contributed by atoms with Crippen LogP contribution in [0, 0.1) is 29.6 Å². The fourth-order valence-corrected chi connectivity index (χ4v) is 4.98. The van der Waals surface area contributed by atoms with Crippen LogP contribution in [0.3, 0.4) is 0 Å². The third kappa shape index (κ3) is 8.83. The average Bonchev–Trinajstić information content (AvgIpc) is 2.83. The zero-order chi connectivity index (χ0) is 26.0. The maximum Gasteiger partial charge on any atom is 0.338 e. The molecule has 2 rings (SSSR count). The highest BCUT2D eigenvalue weighted by atomic mass is 16.6. The summed E-state index contributed by atoms with van der Waals surface area (Å²) in [6, 6.07) is 18.3. The predicted molar refractivity (Wildman–Crippen MR) is 142 cm³/mol. The second kappa shape index (κ2) is 14.1. The van der Waals surface area contributed by atoms with Crippen LogP contribution in [0.1, 0.15) is 88.4 Å². The van der Waals surface area contributed by atoms with Gasteiger partial charge in [0.2, 0.25) is 0 Å². The van der Waals surface area contributed by atoms with Gasteiger partial charge in [0, 0.05) is 11.8 Å². The summed E-state index contributed by atoms with van der Waals surface area (Å²) in [7, 11) is 0. The molecule has 192 valence electrons. The SMILES string of the molecule is CCC(OC(=O)c1ccccc1)C(CC(C)C)C(CC(C)C)C(OC(=O)c1ccccc1)C(C)C. The Bertz CT molecular complexity index is 889. The molecule has 0 aliphatic rings. The summed E-state index contributed by atoms with van der Waals surface area (Å²) in [5.74, 6) is 0.506. The van der Waals surface area contributed by atoms with Crippen molar-refractivity contribution < 1.29 is 19.1 Å². The molecule has 4 nitrogen and oxygen atoms in total. The number of carbonyl (C=O) groups is 2. The Balaban J connectivity index is 2.40. The van der Waals surface area contributed by atoms with Gasteiger partial charge in [0.15, 0.2) is 0 Å². The highest BCUT2D eigenvalue weighted by Crippen LogP contribution is 2.38. The predicted octanol–water partition coefficient (Wildman–Crippen LogP) is 7.83. The molecule has 0 aliphatic heterocycles. The summed E-state index contributed by atoms with van der Waals surface area (Å²) >= 11 is 0. The topological polar surface area (TPSA) is 52.6 Å². The molecule has 0 spiro atoms. The Morgan fingerprint density at radius 2 is 1.09 bits per heavy atom. The summed E-state index contributed by atoms with van der Waals surface area (Å²) in [4.78, 5) is 26.1. The fourth-order valence-electron chi connectivity index (χ4n) is 4.98. The minimum absolute atomic E-state index is 0.0681. The average molecular weight is 481 g/mol. The lowest BCUT2D eigenvalue weighted by Gasteiger charge is -2.40. The number of carbonyl (C=O) groups excluding carboxylic acids is 2. The Labute approximate surface area is 212 Å². The maximum atomic E-state index is 13.1. The fraction of sp³-hybridized carbons (Fsp3) is 0.548. The quantitative estimate of drug-likeness (QED) is 0.274. The number of hydrogen-bond acceptors (Lipinski definition) is 4. The van der Waals surface area contributed by atoms with E-state index in [2.05, 4.69) is 48.5 Å². The molecule has 4 atom stereocenters. The standard InChI is InChI=1S/C31H44O4/c1-8-28(34-30(32)24-15-11-9-12-16-24)26(19-21(2)3)27(20-22(4)5)29(23(6)7)35-31(33)25-17-13-10-14-18-25/h9-18,21-23,26-29H,8,19-20H2,1-7H3. The van der Waals surface area contributed by atoms with Crippen molar-refractivity contribution in [3.8, 4) is 0 Å². The van der Waals surface area contributed by atoms with Gasteiger partial charge in [-0.2, -0.15) is 0 Å². The van der Waals surface area contributed by atoms with Gasteiger partial charge in [0.1, 0.15) is 12.2 Å². The zero-order valence-corrected chi connectivity index (χ0v) is 22.6. The van der Waals surface area contributed by atoms with Gasteiger partial charge in [-0.3, -0.25) is 0 Å². The number of benzene rings is 2. The molecular weight excluding hydrogens is 436 g/mol. The van der Waals surface area contributed by atoms with E-state index in [1.165, 1.54) is 0 Å². The third-order valence-electron chi connectivity index (χ3n) is 6.52. The third-order valence-corrected chi connectivity index (χ3v) is 6.52. The first-order valence-corrected chi connectivity index (χ1v) is 13.2. The first-order valence-electron chi connectivity index (χ1n) is 13.2. The number of ether oxygens (including phenoxy) is 2. The van der Waals surface area contributed by atoms with Gasteiger partial charge in [0.25, 0.3) is 0 Å². The smallest absolute Gasteiger partial charge is 0.338 e. The van der Waals surface area contributed by atoms with Gasteiger partial charge in [-0.05, 0) is 61.3 Å². The van der Waals surface area contributed by atoms with Crippen molar-refractivity contribution in [1.29, 1.82) is 0 Å². The molecule has 2 aromatic rings. The molecule has 0 aromatic heterocycles. The summed E-state index contributed by atoms with van der Waals surface area (Å²) < 4.78 is 12.4. The van der Waals surface area contributed by atoms with Gasteiger partial charge in [0.05, 0.1) is 11.1 Å². The van der Waals surface area contributed by atoms with E-state index in [9.17, 15) is 9.59 Å². The molecule has 0 aliphatic carbocycles. The first-order chi connectivity index (χ1) is 16.6. The van der Waals surface area contributed by atoms with Gasteiger partial charge in [-0.25, -0.2) is 9.59 Å². The Morgan fingerprint density at radius 3 is 1.49 bits per heavy atom. The molecule has 0 bridgehead atoms. The van der Waals surface area contributed by atoms with Gasteiger partial charge >= 0.3 is 11.9 Å². The first kappa shape index (κ1) is 28.6. The zero-order valence-electron chi connectivity index (χ0n) is 22.6. The molecule has 0 heterocycles. The molecule has 4 heteroatoms. The Morgan fingerprint density at radius 1 is 0.657 bits per heavy atom. The van der Waals surface area contributed by atoms with E-state index in [1.54, 1.807) is 24.3 Å². The lowest BCUT2D eigenvalue weighted by Crippen LogP contribution is -2.43. The minimum atomic E-state index is -0.296. The van der Waals surface area contributed by atoms with Crippen molar-refractivity contribution in [1.82, 2.24) is 0 Å². The van der Waals surface area contributed by atoms with E-state index in [4.69, 9.17) is 9.47 Å². The second-order valence-corrected chi connectivity index (χ2v) is 10.8. The largest absolute Gasteiger partial charge is 0.458 e. The summed E-state index contributed by atoms with van der Waals surface area (Å²) in [5, 5.41) is 0. The molecule has 2 aromatic carbocycles. The highest BCUT2D eigenvalue weighted by molar-refractivity contribution is 5.90. The molecule has 0 saturated carbocycles. The van der Waals surface area contributed by atoms with Crippen molar-refractivity contribution in [3.63, 3.8) is 0 Å². The van der Waals surface area contributed by atoms with Crippen molar-refractivity contribution in [2.45, 2.75) is 79.9 Å². The minimum Gasteiger partial charge on any atom is -0.458 e. The van der Waals surface area contributed by atoms with Crippen LogP contribution in [0.2, 0.25) is 0 Å². The van der Waals surface area contributed by atoms with Crippen LogP contribution in [0.15, 0.2) is 60.7 Å². The van der Waals surface area contributed by atoms with Crippen molar-refractivity contribution in [2.24, 2.45) is 29.6 Å². The van der Waals surface area contributed by atoms with Crippen molar-refractivity contribution in [2.75, 3.05) is 0 Å². The maximum absolute atomic E-state index is 13.1. The van der Waals surface area contributed by atoms with Crippen LogP contribution in [0.5, 0.6) is 0 Å². The van der Waals surface area contributed by atoms with E-state index in [1.807, 2.05) is 36.4 Å². The van der Waals surface area contributed by atoms with Crippen LogP contribution in [-0.2, 0) is 9.47 Å². The molecule has 0 radical (unpaired) electrons. The highest BCUT2D eigenvalue weighted by Gasteiger charge is 2.40. The molecule has 0 amide bonds. The van der Waals surface area contributed by atoms with Gasteiger partial charge in [-0.1, -0.05) is 84.9 Å². The van der Waals surface area contributed by atoms with Gasteiger partial charge in [-0.15, -0.1) is 0 Å². The lowest BCUT2D eigenvalue weighted by molar-refractivity contribution is -0.0566. The molecule has 0 fully saturated rings. The summed E-state index contributed by atoms with van der Waals surface area (Å²) in [6.45, 7) is 15.1. The van der Waals surface area contributed by atoms with E-state index in [0.29, 0.717) is 29.4 Å². The molecule has 35 heavy (non-hydrogen) atoms. The lowest BCUT2D eigenvalue weighted by atomic mass is 9.72. The van der Waals surface area contributed by atoms with Crippen molar-refractivity contribution >= 4 is 11.9 Å². The molecular formula is C31H44O4.